The van der Waals surface area contributed by atoms with Crippen molar-refractivity contribution in [2.75, 3.05) is 0 Å². The highest BCUT2D eigenvalue weighted by Gasteiger charge is 2.60. The number of hydrogen-bond donors (Lipinski definition) is 4. The standard InChI is InChI=1S/C27H46O4/c1-16(6-11-23(29)25(2,3)31)20-9-10-21-19-8-7-17-14-18(28)15-24(30)27(17,5)22(19)12-13-26(20,21)4/h7,16,18-24,28-31H,6,8-15H2,1-5H3/t16-,18-,19+,20-,21+,22+,23?,24-,26-,27+/m1/s1. The lowest BCUT2D eigenvalue weighted by Crippen LogP contribution is -2.55. The van der Waals surface area contributed by atoms with Crippen molar-refractivity contribution in [3.05, 3.63) is 11.6 Å². The molecule has 0 aromatic rings. The summed E-state index contributed by atoms with van der Waals surface area (Å²) < 4.78 is 0. The Hall–Kier alpha value is -0.420. The Kier molecular flexibility index (Phi) is 6.21. The van der Waals surface area contributed by atoms with Crippen molar-refractivity contribution in [3.63, 3.8) is 0 Å². The van der Waals surface area contributed by atoms with Crippen molar-refractivity contribution in [1.29, 1.82) is 0 Å². The second-order valence-corrected chi connectivity index (χ2v) is 12.7. The topological polar surface area (TPSA) is 80.9 Å². The lowest BCUT2D eigenvalue weighted by molar-refractivity contribution is -0.108. The molecule has 0 saturated heterocycles. The monoisotopic (exact) mass is 434 g/mol. The predicted molar refractivity (Wildman–Crippen MR) is 123 cm³/mol. The number of fused-ring (bicyclic) bond motifs is 5. The van der Waals surface area contributed by atoms with E-state index >= 15 is 0 Å². The minimum absolute atomic E-state index is 0.163. The molecule has 0 aromatic heterocycles. The quantitative estimate of drug-likeness (QED) is 0.482. The van der Waals surface area contributed by atoms with Gasteiger partial charge in [-0.15, -0.1) is 0 Å². The van der Waals surface area contributed by atoms with Crippen molar-refractivity contribution in [2.45, 2.75) is 116 Å². The molecule has 4 aliphatic rings. The Balaban J connectivity index is 1.50. The van der Waals surface area contributed by atoms with Gasteiger partial charge in [0, 0.05) is 11.8 Å². The van der Waals surface area contributed by atoms with Crippen LogP contribution in [0, 0.1) is 40.4 Å². The molecular weight excluding hydrogens is 388 g/mol. The maximum absolute atomic E-state index is 11.1. The zero-order valence-electron chi connectivity index (χ0n) is 20.3. The van der Waals surface area contributed by atoms with E-state index in [1.54, 1.807) is 13.8 Å². The molecule has 4 nitrogen and oxygen atoms in total. The van der Waals surface area contributed by atoms with Gasteiger partial charge in [0.25, 0.3) is 0 Å². The summed E-state index contributed by atoms with van der Waals surface area (Å²) in [6.07, 6.45) is 9.81. The third-order valence-electron chi connectivity index (χ3n) is 10.6. The van der Waals surface area contributed by atoms with Gasteiger partial charge in [0.15, 0.2) is 0 Å². The predicted octanol–water partition coefficient (Wildman–Crippen LogP) is 4.45. The summed E-state index contributed by atoms with van der Waals surface area (Å²) in [6.45, 7) is 10.5. The van der Waals surface area contributed by atoms with Crippen LogP contribution >= 0.6 is 0 Å². The van der Waals surface area contributed by atoms with E-state index in [9.17, 15) is 20.4 Å². The Morgan fingerprint density at radius 3 is 2.48 bits per heavy atom. The van der Waals surface area contributed by atoms with Gasteiger partial charge in [-0.1, -0.05) is 32.4 Å². The second-order valence-electron chi connectivity index (χ2n) is 12.7. The van der Waals surface area contributed by atoms with E-state index in [0.717, 1.165) is 19.3 Å². The van der Waals surface area contributed by atoms with Crippen LogP contribution in [0.15, 0.2) is 11.6 Å². The summed E-state index contributed by atoms with van der Waals surface area (Å²) >= 11 is 0. The van der Waals surface area contributed by atoms with Gasteiger partial charge in [-0.2, -0.15) is 0 Å². The summed E-state index contributed by atoms with van der Waals surface area (Å²) in [4.78, 5) is 0. The zero-order valence-corrected chi connectivity index (χ0v) is 20.3. The number of aliphatic hydroxyl groups excluding tert-OH is 3. The van der Waals surface area contributed by atoms with Crippen molar-refractivity contribution < 1.29 is 20.4 Å². The van der Waals surface area contributed by atoms with Crippen LogP contribution in [0.25, 0.3) is 0 Å². The van der Waals surface area contributed by atoms with Crippen LogP contribution in [0.5, 0.6) is 0 Å². The molecule has 0 heterocycles. The summed E-state index contributed by atoms with van der Waals surface area (Å²) in [6, 6.07) is 0. The molecule has 1 unspecified atom stereocenters. The van der Waals surface area contributed by atoms with E-state index < -0.39 is 23.9 Å². The first kappa shape index (κ1) is 23.7. The number of allylic oxidation sites excluding steroid dienone is 1. The third-order valence-corrected chi connectivity index (χ3v) is 10.6. The maximum Gasteiger partial charge on any atom is 0.0849 e. The lowest BCUT2D eigenvalue weighted by Gasteiger charge is -2.59. The van der Waals surface area contributed by atoms with E-state index in [1.807, 2.05) is 0 Å². The smallest absolute Gasteiger partial charge is 0.0849 e. The van der Waals surface area contributed by atoms with Gasteiger partial charge in [0.05, 0.1) is 23.9 Å². The first-order valence-corrected chi connectivity index (χ1v) is 12.8. The van der Waals surface area contributed by atoms with E-state index in [1.165, 1.54) is 31.3 Å². The second kappa shape index (κ2) is 8.11. The molecule has 0 radical (unpaired) electrons. The highest BCUT2D eigenvalue weighted by molar-refractivity contribution is 5.27. The lowest BCUT2D eigenvalue weighted by atomic mass is 9.46. The molecule has 178 valence electrons. The highest BCUT2D eigenvalue weighted by atomic mass is 16.3. The first-order chi connectivity index (χ1) is 14.4. The molecular formula is C27H46O4. The number of rotatable bonds is 5. The van der Waals surface area contributed by atoms with Gasteiger partial charge in [0.2, 0.25) is 0 Å². The summed E-state index contributed by atoms with van der Waals surface area (Å²) in [5.41, 5.74) is 0.452. The normalized spacial score (nSPS) is 47.1. The average molecular weight is 435 g/mol. The Labute approximate surface area is 189 Å². The van der Waals surface area contributed by atoms with Crippen LogP contribution in [0.3, 0.4) is 0 Å². The molecule has 3 saturated carbocycles. The van der Waals surface area contributed by atoms with Crippen LogP contribution < -0.4 is 0 Å². The van der Waals surface area contributed by atoms with Crippen molar-refractivity contribution in [3.8, 4) is 0 Å². The number of aliphatic hydroxyl groups is 4. The van der Waals surface area contributed by atoms with Gasteiger partial charge in [-0.05, 0) is 100 Å². The van der Waals surface area contributed by atoms with Crippen LogP contribution in [0.2, 0.25) is 0 Å². The van der Waals surface area contributed by atoms with Crippen LogP contribution in [-0.2, 0) is 0 Å². The van der Waals surface area contributed by atoms with E-state index in [0.29, 0.717) is 47.8 Å². The minimum Gasteiger partial charge on any atom is -0.393 e. The molecule has 10 atom stereocenters. The van der Waals surface area contributed by atoms with E-state index in [2.05, 4.69) is 26.8 Å². The number of hydrogen-bond acceptors (Lipinski definition) is 4. The molecule has 4 rings (SSSR count). The molecule has 3 fully saturated rings. The Morgan fingerprint density at radius 2 is 1.81 bits per heavy atom. The molecule has 4 aliphatic carbocycles. The van der Waals surface area contributed by atoms with Crippen LogP contribution in [0.1, 0.15) is 92.4 Å². The van der Waals surface area contributed by atoms with E-state index in [4.69, 9.17) is 0 Å². The van der Waals surface area contributed by atoms with Crippen molar-refractivity contribution in [1.82, 2.24) is 0 Å². The van der Waals surface area contributed by atoms with Gasteiger partial charge in [0.1, 0.15) is 0 Å². The van der Waals surface area contributed by atoms with Gasteiger partial charge >= 0.3 is 0 Å². The highest BCUT2D eigenvalue weighted by Crippen LogP contribution is 2.67. The SMILES string of the molecule is C[C@H](CCC(O)C(C)(C)O)[C@H]1CC[C@H]2[C@@H]3CC=C4C[C@@H](O)C[C@@H](O)[C@]4(C)[C@H]3CC[C@]12C. The zero-order chi connectivity index (χ0) is 22.8. The molecule has 4 heteroatoms. The summed E-state index contributed by atoms with van der Waals surface area (Å²) in [5, 5.41) is 41.7. The molecule has 4 N–H and O–H groups in total. The Bertz CT molecular complexity index is 696. The first-order valence-electron chi connectivity index (χ1n) is 12.8. The summed E-state index contributed by atoms with van der Waals surface area (Å²) in [5.74, 6) is 3.08. The average Bonchev–Trinajstić information content (AvgIpc) is 3.03. The van der Waals surface area contributed by atoms with Gasteiger partial charge < -0.3 is 20.4 Å². The fraction of sp³-hybridized carbons (Fsp3) is 0.926. The van der Waals surface area contributed by atoms with Crippen molar-refractivity contribution >= 4 is 0 Å². The van der Waals surface area contributed by atoms with Gasteiger partial charge in [-0.3, -0.25) is 0 Å². The molecule has 0 amide bonds. The third kappa shape index (κ3) is 3.84. The molecule has 31 heavy (non-hydrogen) atoms. The van der Waals surface area contributed by atoms with E-state index in [-0.39, 0.29) is 5.41 Å². The largest absolute Gasteiger partial charge is 0.393 e. The fourth-order valence-corrected chi connectivity index (χ4v) is 8.65. The molecule has 0 bridgehead atoms. The summed E-state index contributed by atoms with van der Waals surface area (Å²) in [7, 11) is 0. The van der Waals surface area contributed by atoms with Crippen molar-refractivity contribution in [2.24, 2.45) is 40.4 Å². The maximum atomic E-state index is 11.1. The fourth-order valence-electron chi connectivity index (χ4n) is 8.65. The Morgan fingerprint density at radius 1 is 1.10 bits per heavy atom. The van der Waals surface area contributed by atoms with Gasteiger partial charge in [-0.25, -0.2) is 0 Å². The molecule has 0 spiro atoms. The van der Waals surface area contributed by atoms with Crippen LogP contribution in [0.4, 0.5) is 0 Å². The minimum atomic E-state index is -1.03. The molecule has 0 aliphatic heterocycles. The molecule has 0 aromatic carbocycles. The van der Waals surface area contributed by atoms with Crippen LogP contribution in [-0.4, -0.2) is 44.3 Å².